The Balaban J connectivity index is 2.30. The molecule has 1 aromatic rings. The Labute approximate surface area is 105 Å². The van der Waals surface area contributed by atoms with Crippen LogP contribution in [0.3, 0.4) is 0 Å². The summed E-state index contributed by atoms with van der Waals surface area (Å²) in [5, 5.41) is 3.48. The zero-order chi connectivity index (χ0) is 12.5. The molecule has 0 atom stereocenters. The third-order valence-corrected chi connectivity index (χ3v) is 2.15. The van der Waals surface area contributed by atoms with E-state index in [1.165, 1.54) is 13.3 Å². The highest BCUT2D eigenvalue weighted by molar-refractivity contribution is 6.32. The zero-order valence-corrected chi connectivity index (χ0v) is 10.7. The van der Waals surface area contributed by atoms with Crippen LogP contribution in [-0.2, 0) is 9.47 Å². The van der Waals surface area contributed by atoms with Crippen molar-refractivity contribution in [3.8, 4) is 6.01 Å². The number of anilines is 1. The highest BCUT2D eigenvalue weighted by Gasteiger charge is 2.04. The maximum Gasteiger partial charge on any atom is 0.318 e. The molecule has 0 amide bonds. The molecule has 6 nitrogen and oxygen atoms in total. The summed E-state index contributed by atoms with van der Waals surface area (Å²) in [6.45, 7) is 2.30. The van der Waals surface area contributed by atoms with E-state index < -0.39 is 0 Å². The molecule has 0 saturated heterocycles. The van der Waals surface area contributed by atoms with Crippen LogP contribution < -0.4 is 10.1 Å². The van der Waals surface area contributed by atoms with Gasteiger partial charge in [0, 0.05) is 13.7 Å². The summed E-state index contributed by atoms with van der Waals surface area (Å²) >= 11 is 5.91. The first-order valence-electron chi connectivity index (χ1n) is 5.15. The second kappa shape index (κ2) is 8.05. The molecule has 1 N–H and O–H groups in total. The summed E-state index contributed by atoms with van der Waals surface area (Å²) in [4.78, 5) is 7.94. The van der Waals surface area contributed by atoms with Crippen LogP contribution in [0, 0.1) is 0 Å². The average Bonchev–Trinajstić information content (AvgIpc) is 2.35. The van der Waals surface area contributed by atoms with Gasteiger partial charge in [-0.05, 0) is 0 Å². The van der Waals surface area contributed by atoms with Crippen molar-refractivity contribution < 1.29 is 14.2 Å². The molecular weight excluding hydrogens is 246 g/mol. The van der Waals surface area contributed by atoms with Gasteiger partial charge in [-0.2, -0.15) is 4.98 Å². The van der Waals surface area contributed by atoms with E-state index in [0.29, 0.717) is 37.2 Å². The Bertz CT molecular complexity index is 339. The maximum atomic E-state index is 5.91. The van der Waals surface area contributed by atoms with E-state index in [0.717, 1.165) is 0 Å². The second-order valence-corrected chi connectivity index (χ2v) is 3.49. The van der Waals surface area contributed by atoms with E-state index in [9.17, 15) is 0 Å². The molecule has 17 heavy (non-hydrogen) atoms. The fraction of sp³-hybridized carbons (Fsp3) is 0.600. The standard InChI is InChI=1S/C10H16ClN3O3/c1-15-5-6-17-4-3-12-9-8(11)7-13-10(14-9)16-2/h7H,3-6H2,1-2H3,(H,12,13,14). The molecule has 1 heterocycles. The highest BCUT2D eigenvalue weighted by atomic mass is 35.5. The lowest BCUT2D eigenvalue weighted by Crippen LogP contribution is -2.13. The summed E-state index contributed by atoms with van der Waals surface area (Å²) < 4.78 is 15.0. The van der Waals surface area contributed by atoms with Crippen molar-refractivity contribution in [2.24, 2.45) is 0 Å². The van der Waals surface area contributed by atoms with Gasteiger partial charge in [-0.15, -0.1) is 0 Å². The fourth-order valence-electron chi connectivity index (χ4n) is 1.06. The van der Waals surface area contributed by atoms with Crippen molar-refractivity contribution in [2.75, 3.05) is 45.9 Å². The summed E-state index contributed by atoms with van der Waals surface area (Å²) in [5.74, 6) is 0.536. The minimum absolute atomic E-state index is 0.275. The molecule has 96 valence electrons. The number of halogens is 1. The van der Waals surface area contributed by atoms with Crippen molar-refractivity contribution in [1.82, 2.24) is 9.97 Å². The molecule has 0 bridgehead atoms. The highest BCUT2D eigenvalue weighted by Crippen LogP contribution is 2.19. The van der Waals surface area contributed by atoms with Gasteiger partial charge in [0.2, 0.25) is 0 Å². The second-order valence-electron chi connectivity index (χ2n) is 3.09. The summed E-state index contributed by atoms with van der Waals surface area (Å²) in [5.41, 5.74) is 0. The van der Waals surface area contributed by atoms with Gasteiger partial charge in [0.25, 0.3) is 0 Å². The van der Waals surface area contributed by atoms with E-state index in [1.807, 2.05) is 0 Å². The Kier molecular flexibility index (Phi) is 6.61. The number of aromatic nitrogens is 2. The predicted molar refractivity (Wildman–Crippen MR) is 64.8 cm³/mol. The third-order valence-electron chi connectivity index (χ3n) is 1.88. The first-order chi connectivity index (χ1) is 8.27. The van der Waals surface area contributed by atoms with E-state index >= 15 is 0 Å². The molecule has 0 saturated carbocycles. The molecule has 0 aliphatic heterocycles. The van der Waals surface area contributed by atoms with E-state index in [1.54, 1.807) is 7.11 Å². The third kappa shape index (κ3) is 5.16. The van der Waals surface area contributed by atoms with Gasteiger partial charge in [0.1, 0.15) is 5.02 Å². The molecule has 0 aliphatic rings. The Hall–Kier alpha value is -1.11. The van der Waals surface area contributed by atoms with Gasteiger partial charge in [0.15, 0.2) is 5.82 Å². The number of hydrogen-bond acceptors (Lipinski definition) is 6. The zero-order valence-electron chi connectivity index (χ0n) is 9.90. The molecule has 7 heteroatoms. The predicted octanol–water partition coefficient (Wildman–Crippen LogP) is 1.21. The number of ether oxygens (including phenoxy) is 3. The van der Waals surface area contributed by atoms with Gasteiger partial charge >= 0.3 is 6.01 Å². The summed E-state index contributed by atoms with van der Waals surface area (Å²) in [6.07, 6.45) is 1.49. The minimum atomic E-state index is 0.275. The lowest BCUT2D eigenvalue weighted by atomic mass is 10.5. The number of hydrogen-bond donors (Lipinski definition) is 1. The Morgan fingerprint density at radius 3 is 2.82 bits per heavy atom. The SMILES string of the molecule is COCCOCCNc1nc(OC)ncc1Cl. The van der Waals surface area contributed by atoms with Gasteiger partial charge in [-0.3, -0.25) is 0 Å². The maximum absolute atomic E-state index is 5.91. The van der Waals surface area contributed by atoms with Crippen LogP contribution >= 0.6 is 11.6 Å². The van der Waals surface area contributed by atoms with Gasteiger partial charge in [-0.25, -0.2) is 4.98 Å². The molecule has 0 radical (unpaired) electrons. The van der Waals surface area contributed by atoms with Gasteiger partial charge in [0.05, 0.1) is 33.1 Å². The van der Waals surface area contributed by atoms with Crippen LogP contribution in [0.4, 0.5) is 5.82 Å². The van der Waals surface area contributed by atoms with Gasteiger partial charge in [-0.1, -0.05) is 11.6 Å². The van der Waals surface area contributed by atoms with Crippen LogP contribution in [0.1, 0.15) is 0 Å². The lowest BCUT2D eigenvalue weighted by Gasteiger charge is -2.08. The molecule has 0 aromatic carbocycles. The van der Waals surface area contributed by atoms with Crippen molar-refractivity contribution in [2.45, 2.75) is 0 Å². The van der Waals surface area contributed by atoms with E-state index in [4.69, 9.17) is 25.8 Å². The smallest absolute Gasteiger partial charge is 0.318 e. The molecule has 0 fully saturated rings. The molecule has 0 unspecified atom stereocenters. The van der Waals surface area contributed by atoms with Crippen molar-refractivity contribution in [3.63, 3.8) is 0 Å². The van der Waals surface area contributed by atoms with Crippen molar-refractivity contribution in [3.05, 3.63) is 11.2 Å². The minimum Gasteiger partial charge on any atom is -0.467 e. The lowest BCUT2D eigenvalue weighted by molar-refractivity contribution is 0.0759. The largest absolute Gasteiger partial charge is 0.467 e. The van der Waals surface area contributed by atoms with Crippen LogP contribution in [0.15, 0.2) is 6.20 Å². The van der Waals surface area contributed by atoms with Crippen LogP contribution in [0.25, 0.3) is 0 Å². The molecule has 1 aromatic heterocycles. The molecule has 1 rings (SSSR count). The van der Waals surface area contributed by atoms with E-state index in [2.05, 4.69) is 15.3 Å². The summed E-state index contributed by atoms with van der Waals surface area (Å²) in [7, 11) is 3.13. The fourth-order valence-corrected chi connectivity index (χ4v) is 1.22. The van der Waals surface area contributed by atoms with Crippen LogP contribution in [-0.4, -0.2) is 50.6 Å². The number of methoxy groups -OCH3 is 2. The van der Waals surface area contributed by atoms with E-state index in [-0.39, 0.29) is 6.01 Å². The summed E-state index contributed by atoms with van der Waals surface area (Å²) in [6, 6.07) is 0.275. The Morgan fingerprint density at radius 1 is 1.29 bits per heavy atom. The first kappa shape index (κ1) is 14.0. The van der Waals surface area contributed by atoms with Crippen LogP contribution in [0.5, 0.6) is 6.01 Å². The normalized spacial score (nSPS) is 10.3. The number of nitrogens with one attached hydrogen (secondary N) is 1. The number of rotatable bonds is 8. The topological polar surface area (TPSA) is 65.5 Å². The monoisotopic (exact) mass is 261 g/mol. The quantitative estimate of drug-likeness (QED) is 0.710. The number of nitrogens with zero attached hydrogens (tertiary/aromatic N) is 2. The molecule has 0 aliphatic carbocycles. The van der Waals surface area contributed by atoms with Crippen LogP contribution in [0.2, 0.25) is 5.02 Å². The molecular formula is C10H16ClN3O3. The van der Waals surface area contributed by atoms with Crippen molar-refractivity contribution in [1.29, 1.82) is 0 Å². The molecule has 0 spiro atoms. The first-order valence-corrected chi connectivity index (χ1v) is 5.52. The van der Waals surface area contributed by atoms with Crippen molar-refractivity contribution >= 4 is 17.4 Å². The average molecular weight is 262 g/mol. The Morgan fingerprint density at radius 2 is 2.12 bits per heavy atom. The van der Waals surface area contributed by atoms with Gasteiger partial charge < -0.3 is 19.5 Å².